The molecule has 0 aliphatic heterocycles. The third-order valence-electron chi connectivity index (χ3n) is 3.35. The molecule has 0 aromatic heterocycles. The molecule has 0 bridgehead atoms. The van der Waals surface area contributed by atoms with Crippen molar-refractivity contribution in [3.05, 3.63) is 34.3 Å². The highest BCUT2D eigenvalue weighted by molar-refractivity contribution is 9.10. The molecule has 1 N–H and O–H groups in total. The fraction of sp³-hybridized carbons (Fsp3) is 0.625. The van der Waals surface area contributed by atoms with E-state index in [1.807, 2.05) is 0 Å². The minimum atomic E-state index is 0.427. The predicted molar refractivity (Wildman–Crippen MR) is 83.9 cm³/mol. The van der Waals surface area contributed by atoms with Gasteiger partial charge in [-0.3, -0.25) is 0 Å². The number of halogens is 1. The molecular weight excluding hydrogens is 286 g/mol. The highest BCUT2D eigenvalue weighted by atomic mass is 79.9. The Morgan fingerprint density at radius 1 is 1.06 bits per heavy atom. The molecule has 0 saturated carbocycles. The smallest absolute Gasteiger partial charge is 0.0302 e. The summed E-state index contributed by atoms with van der Waals surface area (Å²) in [4.78, 5) is 0. The lowest BCUT2D eigenvalue weighted by Gasteiger charge is -2.15. The third kappa shape index (κ3) is 6.01. The molecule has 1 aromatic rings. The number of benzene rings is 1. The number of unbranched alkanes of at least 4 members (excludes halogenated alkanes) is 5. The van der Waals surface area contributed by atoms with E-state index in [9.17, 15) is 0 Å². The van der Waals surface area contributed by atoms with Gasteiger partial charge in [0.15, 0.2) is 0 Å². The van der Waals surface area contributed by atoms with Crippen molar-refractivity contribution in [2.24, 2.45) is 0 Å². The van der Waals surface area contributed by atoms with Crippen LogP contribution in [-0.4, -0.2) is 6.54 Å². The van der Waals surface area contributed by atoms with E-state index in [1.165, 1.54) is 48.6 Å². The Labute approximate surface area is 120 Å². The summed E-state index contributed by atoms with van der Waals surface area (Å²) in [5, 5.41) is 3.60. The van der Waals surface area contributed by atoms with Crippen LogP contribution in [0.1, 0.15) is 64.0 Å². The topological polar surface area (TPSA) is 12.0 Å². The first kappa shape index (κ1) is 15.7. The van der Waals surface area contributed by atoms with Gasteiger partial charge in [0.25, 0.3) is 0 Å². The standard InChI is InChI=1S/C16H26BrN/c1-3-4-5-6-7-10-13-18-14(2)15-11-8-9-12-16(15)17/h8-9,11-12,14,18H,3-7,10,13H2,1-2H3. The van der Waals surface area contributed by atoms with Crippen molar-refractivity contribution in [3.8, 4) is 0 Å². The van der Waals surface area contributed by atoms with Crippen molar-refractivity contribution in [2.45, 2.75) is 58.4 Å². The van der Waals surface area contributed by atoms with Crippen LogP contribution in [0.3, 0.4) is 0 Å². The summed E-state index contributed by atoms with van der Waals surface area (Å²) >= 11 is 3.61. The van der Waals surface area contributed by atoms with Gasteiger partial charge in [-0.1, -0.05) is 73.2 Å². The molecule has 0 aliphatic rings. The first-order valence-electron chi connectivity index (χ1n) is 7.23. The van der Waals surface area contributed by atoms with Gasteiger partial charge >= 0.3 is 0 Å². The predicted octanol–water partition coefficient (Wildman–Crippen LogP) is 5.46. The number of hydrogen-bond acceptors (Lipinski definition) is 1. The Morgan fingerprint density at radius 2 is 1.72 bits per heavy atom. The normalized spacial score (nSPS) is 12.6. The number of hydrogen-bond donors (Lipinski definition) is 1. The van der Waals surface area contributed by atoms with E-state index in [0.717, 1.165) is 6.54 Å². The van der Waals surface area contributed by atoms with E-state index in [1.54, 1.807) is 0 Å². The lowest BCUT2D eigenvalue weighted by atomic mass is 10.1. The molecule has 1 nitrogen and oxygen atoms in total. The van der Waals surface area contributed by atoms with Gasteiger partial charge in [-0.2, -0.15) is 0 Å². The first-order valence-corrected chi connectivity index (χ1v) is 8.02. The Kier molecular flexibility index (Phi) is 8.36. The van der Waals surface area contributed by atoms with Crippen LogP contribution >= 0.6 is 15.9 Å². The Bertz CT molecular complexity index is 325. The third-order valence-corrected chi connectivity index (χ3v) is 4.07. The molecule has 0 fully saturated rings. The molecule has 2 heteroatoms. The summed E-state index contributed by atoms with van der Waals surface area (Å²) in [5.41, 5.74) is 1.35. The van der Waals surface area contributed by atoms with Crippen molar-refractivity contribution in [1.29, 1.82) is 0 Å². The summed E-state index contributed by atoms with van der Waals surface area (Å²) in [6.07, 6.45) is 8.15. The van der Waals surface area contributed by atoms with E-state index in [0.29, 0.717) is 6.04 Å². The lowest BCUT2D eigenvalue weighted by molar-refractivity contribution is 0.526. The van der Waals surface area contributed by atoms with E-state index in [2.05, 4.69) is 59.4 Å². The summed E-state index contributed by atoms with van der Waals surface area (Å²) in [5.74, 6) is 0. The van der Waals surface area contributed by atoms with Crippen LogP contribution in [0.4, 0.5) is 0 Å². The molecule has 1 unspecified atom stereocenters. The van der Waals surface area contributed by atoms with Crippen LogP contribution in [0.25, 0.3) is 0 Å². The molecule has 0 saturated heterocycles. The fourth-order valence-electron chi connectivity index (χ4n) is 2.16. The Morgan fingerprint density at radius 3 is 2.44 bits per heavy atom. The van der Waals surface area contributed by atoms with Crippen molar-refractivity contribution >= 4 is 15.9 Å². The highest BCUT2D eigenvalue weighted by Gasteiger charge is 2.06. The average Bonchev–Trinajstić information content (AvgIpc) is 2.38. The number of nitrogens with one attached hydrogen (secondary N) is 1. The maximum absolute atomic E-state index is 3.61. The molecule has 0 aliphatic carbocycles. The SMILES string of the molecule is CCCCCCCCNC(C)c1ccccc1Br. The zero-order valence-electron chi connectivity index (χ0n) is 11.7. The van der Waals surface area contributed by atoms with Gasteiger partial charge in [0.05, 0.1) is 0 Å². The Balaban J connectivity index is 2.14. The van der Waals surface area contributed by atoms with Crippen molar-refractivity contribution in [3.63, 3.8) is 0 Å². The summed E-state index contributed by atoms with van der Waals surface area (Å²) in [6, 6.07) is 8.88. The second kappa shape index (κ2) is 9.57. The molecule has 0 heterocycles. The van der Waals surface area contributed by atoms with E-state index in [-0.39, 0.29) is 0 Å². The van der Waals surface area contributed by atoms with Crippen LogP contribution in [0.2, 0.25) is 0 Å². The zero-order valence-corrected chi connectivity index (χ0v) is 13.3. The molecule has 18 heavy (non-hydrogen) atoms. The summed E-state index contributed by atoms with van der Waals surface area (Å²) < 4.78 is 1.20. The molecule has 0 spiro atoms. The minimum Gasteiger partial charge on any atom is -0.310 e. The zero-order chi connectivity index (χ0) is 13.2. The average molecular weight is 312 g/mol. The monoisotopic (exact) mass is 311 g/mol. The largest absolute Gasteiger partial charge is 0.310 e. The second-order valence-corrected chi connectivity index (χ2v) is 5.82. The van der Waals surface area contributed by atoms with Gasteiger partial charge in [0, 0.05) is 10.5 Å². The maximum atomic E-state index is 3.61. The van der Waals surface area contributed by atoms with Crippen LogP contribution in [0.15, 0.2) is 28.7 Å². The molecule has 1 rings (SSSR count). The van der Waals surface area contributed by atoms with Gasteiger partial charge in [0.2, 0.25) is 0 Å². The maximum Gasteiger partial charge on any atom is 0.0302 e. The fourth-order valence-corrected chi connectivity index (χ4v) is 2.79. The van der Waals surface area contributed by atoms with Crippen molar-refractivity contribution in [1.82, 2.24) is 5.32 Å². The van der Waals surface area contributed by atoms with Crippen LogP contribution < -0.4 is 5.32 Å². The molecule has 0 amide bonds. The molecule has 1 aromatic carbocycles. The summed E-state index contributed by atoms with van der Waals surface area (Å²) in [6.45, 7) is 5.62. The molecule has 1 atom stereocenters. The van der Waals surface area contributed by atoms with Crippen LogP contribution in [-0.2, 0) is 0 Å². The Hall–Kier alpha value is -0.340. The van der Waals surface area contributed by atoms with Gasteiger partial charge in [-0.15, -0.1) is 0 Å². The molecule has 0 radical (unpaired) electrons. The summed E-state index contributed by atoms with van der Waals surface area (Å²) in [7, 11) is 0. The lowest BCUT2D eigenvalue weighted by Crippen LogP contribution is -2.20. The highest BCUT2D eigenvalue weighted by Crippen LogP contribution is 2.22. The molecule has 102 valence electrons. The van der Waals surface area contributed by atoms with Gasteiger partial charge < -0.3 is 5.32 Å². The van der Waals surface area contributed by atoms with Crippen LogP contribution in [0, 0.1) is 0 Å². The van der Waals surface area contributed by atoms with Gasteiger partial charge in [-0.05, 0) is 31.5 Å². The van der Waals surface area contributed by atoms with Crippen molar-refractivity contribution < 1.29 is 0 Å². The van der Waals surface area contributed by atoms with Gasteiger partial charge in [0.1, 0.15) is 0 Å². The first-order chi connectivity index (χ1) is 8.75. The van der Waals surface area contributed by atoms with Crippen molar-refractivity contribution in [2.75, 3.05) is 6.54 Å². The quantitative estimate of drug-likeness (QED) is 0.597. The second-order valence-electron chi connectivity index (χ2n) is 4.97. The van der Waals surface area contributed by atoms with Crippen LogP contribution in [0.5, 0.6) is 0 Å². The minimum absolute atomic E-state index is 0.427. The van der Waals surface area contributed by atoms with E-state index >= 15 is 0 Å². The van der Waals surface area contributed by atoms with E-state index in [4.69, 9.17) is 0 Å². The van der Waals surface area contributed by atoms with Gasteiger partial charge in [-0.25, -0.2) is 0 Å². The van der Waals surface area contributed by atoms with E-state index < -0.39 is 0 Å². The number of rotatable bonds is 9. The molecular formula is C16H26BrN.